The van der Waals surface area contributed by atoms with Crippen LogP contribution in [0.1, 0.15) is 57.9 Å². The quantitative estimate of drug-likeness (QED) is 0.474. The van der Waals surface area contributed by atoms with Gasteiger partial charge in [0, 0.05) is 24.9 Å². The zero-order valence-electron chi connectivity index (χ0n) is 20.6. The van der Waals surface area contributed by atoms with Crippen LogP contribution < -0.4 is 16.0 Å². The van der Waals surface area contributed by atoms with Crippen molar-refractivity contribution in [3.8, 4) is 0 Å². The van der Waals surface area contributed by atoms with Gasteiger partial charge < -0.3 is 20.9 Å². The summed E-state index contributed by atoms with van der Waals surface area (Å²) >= 11 is 0. The molecule has 1 aromatic heterocycles. The molecule has 0 spiro atoms. The van der Waals surface area contributed by atoms with Gasteiger partial charge in [-0.1, -0.05) is 13.3 Å². The average molecular weight is 507 g/mol. The fraction of sp³-hybridized carbons (Fsp3) is 0.600. The highest BCUT2D eigenvalue weighted by Gasteiger charge is 2.42. The second kappa shape index (κ2) is 11.0. The van der Waals surface area contributed by atoms with Crippen molar-refractivity contribution in [1.82, 2.24) is 25.5 Å². The number of hydrogen-bond donors (Lipinski definition) is 3. The van der Waals surface area contributed by atoms with Crippen LogP contribution in [0.3, 0.4) is 0 Å². The highest BCUT2D eigenvalue weighted by molar-refractivity contribution is 5.93. The van der Waals surface area contributed by atoms with Crippen LogP contribution >= 0.6 is 0 Å². The highest BCUT2D eigenvalue weighted by Crippen LogP contribution is 2.34. The van der Waals surface area contributed by atoms with Crippen LogP contribution in [0.15, 0.2) is 24.5 Å². The molecular weight excluding hydrogens is 473 g/mol. The summed E-state index contributed by atoms with van der Waals surface area (Å²) in [6.45, 7) is 5.05. The van der Waals surface area contributed by atoms with Gasteiger partial charge in [-0.15, -0.1) is 0 Å². The van der Waals surface area contributed by atoms with E-state index in [9.17, 15) is 22.8 Å². The van der Waals surface area contributed by atoms with Gasteiger partial charge in [0.25, 0.3) is 0 Å². The van der Waals surface area contributed by atoms with Gasteiger partial charge in [-0.2, -0.15) is 13.2 Å². The Labute approximate surface area is 208 Å². The minimum absolute atomic E-state index is 0.128. The van der Waals surface area contributed by atoms with Crippen LogP contribution in [0.2, 0.25) is 0 Å². The molecule has 2 heterocycles. The van der Waals surface area contributed by atoms with E-state index < -0.39 is 17.8 Å². The molecule has 0 unspecified atom stereocenters. The number of benzene rings is 1. The second-order valence-corrected chi connectivity index (χ2v) is 9.66. The van der Waals surface area contributed by atoms with Crippen molar-refractivity contribution in [2.45, 2.75) is 82.7 Å². The number of aromatic nitrogens is 2. The summed E-state index contributed by atoms with van der Waals surface area (Å²) in [5.41, 5.74) is -0.433. The van der Waals surface area contributed by atoms with Gasteiger partial charge in [0.15, 0.2) is 0 Å². The number of unbranched alkanes of at least 4 members (excludes halogenated alkanes) is 1. The normalized spacial score (nSPS) is 24.8. The predicted octanol–water partition coefficient (Wildman–Crippen LogP) is 3.48. The van der Waals surface area contributed by atoms with Crippen molar-refractivity contribution in [2.75, 3.05) is 18.4 Å². The third kappa shape index (κ3) is 5.88. The molecule has 4 rings (SSSR count). The summed E-state index contributed by atoms with van der Waals surface area (Å²) in [6.07, 6.45) is 1.87. The molecule has 4 atom stereocenters. The standard InChI is InChI=1S/C25H33F3N6O2/c1-3-4-10-29-17-6-8-22(21(13-17)32-15(2)35)34-11-9-20(24(34)36)33-23-18-12-16(25(26,27)28)5-7-19(18)30-14-31-23/h5,7,12,14,17,20-22,29H,3-4,6,8-11,13H2,1-2H3,(H,32,35)(H,30,31,33)/t17-,20+,21-,22+/m1/s1. The first kappa shape index (κ1) is 26.1. The van der Waals surface area contributed by atoms with Crippen LogP contribution in [0.25, 0.3) is 10.9 Å². The zero-order chi connectivity index (χ0) is 25.9. The Kier molecular flexibility index (Phi) is 7.97. The number of carbonyl (C=O) groups excluding carboxylic acids is 2. The predicted molar refractivity (Wildman–Crippen MR) is 130 cm³/mol. The summed E-state index contributed by atoms with van der Waals surface area (Å²) in [7, 11) is 0. The molecule has 2 fully saturated rings. The molecule has 2 aromatic rings. The number of rotatable bonds is 8. The van der Waals surface area contributed by atoms with Gasteiger partial charge in [-0.05, 0) is 56.8 Å². The molecule has 0 radical (unpaired) electrons. The number of fused-ring (bicyclic) bond motifs is 1. The van der Waals surface area contributed by atoms with Crippen molar-refractivity contribution >= 4 is 28.5 Å². The first-order valence-electron chi connectivity index (χ1n) is 12.6. The third-order valence-corrected chi connectivity index (χ3v) is 7.08. The number of hydrogen-bond acceptors (Lipinski definition) is 6. The number of carbonyl (C=O) groups is 2. The van der Waals surface area contributed by atoms with Crippen LogP contribution in [0.5, 0.6) is 0 Å². The molecule has 36 heavy (non-hydrogen) atoms. The largest absolute Gasteiger partial charge is 0.416 e. The van der Waals surface area contributed by atoms with Gasteiger partial charge in [-0.3, -0.25) is 9.59 Å². The van der Waals surface area contributed by atoms with Gasteiger partial charge in [0.05, 0.1) is 23.2 Å². The van der Waals surface area contributed by atoms with E-state index >= 15 is 0 Å². The molecule has 1 aliphatic carbocycles. The number of alkyl halides is 3. The average Bonchev–Trinajstić information content (AvgIpc) is 3.18. The fourth-order valence-corrected chi connectivity index (χ4v) is 5.29. The third-order valence-electron chi connectivity index (χ3n) is 7.08. The molecular formula is C25H33F3N6O2. The Balaban J connectivity index is 1.48. The lowest BCUT2D eigenvalue weighted by Gasteiger charge is -2.41. The SMILES string of the molecule is CCCCN[C@@H]1CC[C@H](N2CC[C@H](Nc3ncnc4ccc(C(F)(F)F)cc34)C2=O)[C@H](NC(C)=O)C1. The molecule has 1 saturated heterocycles. The van der Waals surface area contributed by atoms with Crippen LogP contribution in [-0.2, 0) is 15.8 Å². The van der Waals surface area contributed by atoms with E-state index in [0.29, 0.717) is 18.5 Å². The van der Waals surface area contributed by atoms with Crippen LogP contribution in [0, 0.1) is 0 Å². The smallest absolute Gasteiger partial charge is 0.358 e. The molecule has 1 saturated carbocycles. The summed E-state index contributed by atoms with van der Waals surface area (Å²) in [5, 5.41) is 9.89. The lowest BCUT2D eigenvalue weighted by atomic mass is 9.85. The molecule has 8 nitrogen and oxygen atoms in total. The van der Waals surface area contributed by atoms with E-state index in [2.05, 4.69) is 32.8 Å². The Morgan fingerprint density at radius 1 is 1.19 bits per heavy atom. The molecule has 2 amide bonds. The lowest BCUT2D eigenvalue weighted by molar-refractivity contribution is -0.137. The number of likely N-dealkylation sites (tertiary alicyclic amines) is 1. The maximum absolute atomic E-state index is 13.4. The van der Waals surface area contributed by atoms with Gasteiger partial charge >= 0.3 is 6.18 Å². The second-order valence-electron chi connectivity index (χ2n) is 9.66. The van der Waals surface area contributed by atoms with Crippen LogP contribution in [-0.4, -0.2) is 63.9 Å². The van der Waals surface area contributed by atoms with Crippen molar-refractivity contribution in [3.05, 3.63) is 30.1 Å². The number of nitrogens with zero attached hydrogens (tertiary/aromatic N) is 3. The summed E-state index contributed by atoms with van der Waals surface area (Å²) in [4.78, 5) is 35.3. The van der Waals surface area contributed by atoms with Gasteiger partial charge in [0.1, 0.15) is 18.2 Å². The minimum atomic E-state index is -4.50. The molecule has 196 valence electrons. The molecule has 3 N–H and O–H groups in total. The minimum Gasteiger partial charge on any atom is -0.358 e. The Hall–Kier alpha value is -2.95. The van der Waals surface area contributed by atoms with Crippen molar-refractivity contribution in [1.29, 1.82) is 0 Å². The molecule has 1 aromatic carbocycles. The van der Waals surface area contributed by atoms with Crippen LogP contribution in [0.4, 0.5) is 19.0 Å². The molecule has 2 aliphatic rings. The van der Waals surface area contributed by atoms with E-state index in [1.165, 1.54) is 19.3 Å². The van der Waals surface area contributed by atoms with Gasteiger partial charge in [0.2, 0.25) is 11.8 Å². The Morgan fingerprint density at radius 3 is 2.72 bits per heavy atom. The van der Waals surface area contributed by atoms with E-state index in [1.54, 1.807) is 0 Å². The maximum atomic E-state index is 13.4. The van der Waals surface area contributed by atoms with Crippen molar-refractivity contribution in [2.24, 2.45) is 0 Å². The number of anilines is 1. The number of halogens is 3. The van der Waals surface area contributed by atoms with E-state index in [4.69, 9.17) is 0 Å². The van der Waals surface area contributed by atoms with E-state index in [-0.39, 0.29) is 41.1 Å². The summed E-state index contributed by atoms with van der Waals surface area (Å²) in [5.74, 6) is -0.0616. The zero-order valence-corrected chi connectivity index (χ0v) is 20.6. The molecule has 11 heteroatoms. The topological polar surface area (TPSA) is 99.2 Å². The van der Waals surface area contributed by atoms with Crippen molar-refractivity contribution in [3.63, 3.8) is 0 Å². The maximum Gasteiger partial charge on any atom is 0.416 e. The number of nitrogens with one attached hydrogen (secondary N) is 3. The first-order valence-corrected chi connectivity index (χ1v) is 12.6. The van der Waals surface area contributed by atoms with Gasteiger partial charge in [-0.25, -0.2) is 9.97 Å². The first-order chi connectivity index (χ1) is 17.2. The molecule has 1 aliphatic heterocycles. The lowest BCUT2D eigenvalue weighted by Crippen LogP contribution is -2.58. The van der Waals surface area contributed by atoms with E-state index in [0.717, 1.165) is 50.8 Å². The Bertz CT molecular complexity index is 1100. The monoisotopic (exact) mass is 506 g/mol. The van der Waals surface area contributed by atoms with Crippen molar-refractivity contribution < 1.29 is 22.8 Å². The Morgan fingerprint density at radius 2 is 2.00 bits per heavy atom. The number of amides is 2. The summed E-state index contributed by atoms with van der Waals surface area (Å²) in [6, 6.07) is 2.68. The molecule has 0 bridgehead atoms. The fourth-order valence-electron chi connectivity index (χ4n) is 5.29. The summed E-state index contributed by atoms with van der Waals surface area (Å²) < 4.78 is 39.8. The highest BCUT2D eigenvalue weighted by atomic mass is 19.4. The van der Waals surface area contributed by atoms with E-state index in [1.807, 2.05) is 4.90 Å².